The van der Waals surface area contributed by atoms with Crippen LogP contribution in [0.5, 0.6) is 0 Å². The minimum absolute atomic E-state index is 0.0802. The molecule has 0 fully saturated rings. The van der Waals surface area contributed by atoms with Crippen LogP contribution in [-0.2, 0) is 17.6 Å². The molecule has 20 heavy (non-hydrogen) atoms. The highest BCUT2D eigenvalue weighted by Crippen LogP contribution is 2.04. The lowest BCUT2D eigenvalue weighted by Crippen LogP contribution is -2.26. The summed E-state index contributed by atoms with van der Waals surface area (Å²) in [5.41, 5.74) is 3.32. The molecule has 104 valence electrons. The van der Waals surface area contributed by atoms with Crippen LogP contribution in [0, 0.1) is 6.92 Å². The summed E-state index contributed by atoms with van der Waals surface area (Å²) < 4.78 is 0. The maximum Gasteiger partial charge on any atom is 0.224 e. The van der Waals surface area contributed by atoms with Crippen molar-refractivity contribution >= 4 is 5.91 Å². The van der Waals surface area contributed by atoms with E-state index in [-0.39, 0.29) is 5.91 Å². The van der Waals surface area contributed by atoms with Crippen LogP contribution in [0.25, 0.3) is 0 Å². The van der Waals surface area contributed by atoms with E-state index in [1.807, 2.05) is 49.4 Å². The van der Waals surface area contributed by atoms with Crippen LogP contribution in [-0.4, -0.2) is 17.4 Å². The zero-order valence-electron chi connectivity index (χ0n) is 11.8. The first-order valence-electron chi connectivity index (χ1n) is 6.96. The topological polar surface area (TPSA) is 42.0 Å². The second-order valence-electron chi connectivity index (χ2n) is 4.94. The smallest absolute Gasteiger partial charge is 0.224 e. The number of rotatable bonds is 6. The number of benzene rings is 1. The van der Waals surface area contributed by atoms with Gasteiger partial charge < -0.3 is 5.32 Å². The van der Waals surface area contributed by atoms with Crippen LogP contribution in [0.4, 0.5) is 0 Å². The van der Waals surface area contributed by atoms with Crippen LogP contribution >= 0.6 is 0 Å². The normalized spacial score (nSPS) is 10.2. The summed E-state index contributed by atoms with van der Waals surface area (Å²) in [6.45, 7) is 2.73. The van der Waals surface area contributed by atoms with E-state index in [9.17, 15) is 4.79 Å². The van der Waals surface area contributed by atoms with Crippen molar-refractivity contribution in [3.8, 4) is 0 Å². The average Bonchev–Trinajstić information content (AvgIpc) is 2.45. The summed E-state index contributed by atoms with van der Waals surface area (Å²) in [5, 5.41) is 2.95. The fourth-order valence-electron chi connectivity index (χ4n) is 2.11. The van der Waals surface area contributed by atoms with Crippen molar-refractivity contribution < 1.29 is 4.79 Å². The molecule has 0 unspecified atom stereocenters. The van der Waals surface area contributed by atoms with Crippen LogP contribution in [0.15, 0.2) is 48.7 Å². The number of aryl methyl sites for hydroxylation is 2. The second kappa shape index (κ2) is 7.43. The molecule has 0 atom stereocenters. The number of pyridine rings is 1. The molecule has 2 rings (SSSR count). The summed E-state index contributed by atoms with van der Waals surface area (Å²) >= 11 is 0. The molecule has 0 saturated heterocycles. The first-order chi connectivity index (χ1) is 9.74. The zero-order valence-corrected chi connectivity index (χ0v) is 11.8. The Morgan fingerprint density at radius 3 is 2.85 bits per heavy atom. The molecular formula is C17H20N2O. The summed E-state index contributed by atoms with van der Waals surface area (Å²) in [5.74, 6) is 0.0802. The molecular weight excluding hydrogens is 248 g/mol. The van der Waals surface area contributed by atoms with Crippen molar-refractivity contribution in [2.45, 2.75) is 26.2 Å². The van der Waals surface area contributed by atoms with Crippen molar-refractivity contribution in [3.05, 3.63) is 65.5 Å². The Labute approximate surface area is 120 Å². The van der Waals surface area contributed by atoms with Crippen molar-refractivity contribution in [1.29, 1.82) is 0 Å². The summed E-state index contributed by atoms with van der Waals surface area (Å²) in [4.78, 5) is 16.1. The highest BCUT2D eigenvalue weighted by atomic mass is 16.1. The molecule has 0 spiro atoms. The molecule has 0 aliphatic heterocycles. The molecule has 3 heteroatoms. The molecule has 2 aromatic rings. The van der Waals surface area contributed by atoms with E-state index in [0.717, 1.165) is 24.1 Å². The van der Waals surface area contributed by atoms with Gasteiger partial charge in [-0.15, -0.1) is 0 Å². The third-order valence-electron chi connectivity index (χ3n) is 3.11. The van der Waals surface area contributed by atoms with Crippen LogP contribution in [0.1, 0.15) is 23.2 Å². The predicted molar refractivity (Wildman–Crippen MR) is 80.5 cm³/mol. The Bertz CT molecular complexity index is 552. The van der Waals surface area contributed by atoms with E-state index in [1.54, 1.807) is 6.20 Å². The van der Waals surface area contributed by atoms with Crippen LogP contribution in [0.2, 0.25) is 0 Å². The van der Waals surface area contributed by atoms with E-state index in [0.29, 0.717) is 13.0 Å². The molecule has 1 heterocycles. The summed E-state index contributed by atoms with van der Waals surface area (Å²) in [6.07, 6.45) is 4.05. The van der Waals surface area contributed by atoms with Gasteiger partial charge in [0.1, 0.15) is 0 Å². The van der Waals surface area contributed by atoms with Gasteiger partial charge in [-0.1, -0.05) is 35.9 Å². The van der Waals surface area contributed by atoms with Crippen LogP contribution in [0.3, 0.4) is 0 Å². The standard InChI is InChI=1S/C17H20N2O/c1-14-6-4-7-15(12-14)13-17(20)19-11-5-9-16-8-2-3-10-18-16/h2-4,6-8,10,12H,5,9,11,13H2,1H3,(H,19,20). The highest BCUT2D eigenvalue weighted by Gasteiger charge is 2.03. The van der Waals surface area contributed by atoms with Crippen molar-refractivity contribution in [1.82, 2.24) is 10.3 Å². The van der Waals surface area contributed by atoms with Gasteiger partial charge in [-0.25, -0.2) is 0 Å². The Morgan fingerprint density at radius 1 is 1.20 bits per heavy atom. The number of amides is 1. The first-order valence-corrected chi connectivity index (χ1v) is 6.96. The maximum absolute atomic E-state index is 11.8. The van der Waals surface area contributed by atoms with Gasteiger partial charge in [0, 0.05) is 18.4 Å². The lowest BCUT2D eigenvalue weighted by Gasteiger charge is -2.06. The van der Waals surface area contributed by atoms with Gasteiger partial charge in [-0.2, -0.15) is 0 Å². The van der Waals surface area contributed by atoms with E-state index in [4.69, 9.17) is 0 Å². The molecule has 1 amide bonds. The molecule has 0 radical (unpaired) electrons. The van der Waals surface area contributed by atoms with Gasteiger partial charge in [0.05, 0.1) is 6.42 Å². The molecule has 1 aromatic heterocycles. The Hall–Kier alpha value is -2.16. The van der Waals surface area contributed by atoms with E-state index in [2.05, 4.69) is 10.3 Å². The molecule has 1 N–H and O–H groups in total. The predicted octanol–water partition coefficient (Wildman–Crippen LogP) is 2.68. The average molecular weight is 268 g/mol. The fraction of sp³-hybridized carbons (Fsp3) is 0.294. The number of nitrogens with one attached hydrogen (secondary N) is 1. The van der Waals surface area contributed by atoms with E-state index >= 15 is 0 Å². The van der Waals surface area contributed by atoms with Gasteiger partial charge in [0.2, 0.25) is 5.91 Å². The first kappa shape index (κ1) is 14.3. The minimum atomic E-state index is 0.0802. The minimum Gasteiger partial charge on any atom is -0.356 e. The third-order valence-corrected chi connectivity index (χ3v) is 3.11. The molecule has 3 nitrogen and oxygen atoms in total. The van der Waals surface area contributed by atoms with E-state index in [1.165, 1.54) is 5.56 Å². The number of hydrogen-bond acceptors (Lipinski definition) is 2. The van der Waals surface area contributed by atoms with Gasteiger partial charge in [-0.05, 0) is 37.5 Å². The Balaban J connectivity index is 1.68. The van der Waals surface area contributed by atoms with Gasteiger partial charge in [0.25, 0.3) is 0 Å². The fourth-order valence-corrected chi connectivity index (χ4v) is 2.11. The van der Waals surface area contributed by atoms with Crippen LogP contribution < -0.4 is 5.32 Å². The largest absolute Gasteiger partial charge is 0.356 e. The highest BCUT2D eigenvalue weighted by molar-refractivity contribution is 5.78. The molecule has 0 aliphatic carbocycles. The van der Waals surface area contributed by atoms with Crippen molar-refractivity contribution in [2.24, 2.45) is 0 Å². The third kappa shape index (κ3) is 4.84. The quantitative estimate of drug-likeness (QED) is 0.818. The summed E-state index contributed by atoms with van der Waals surface area (Å²) in [6, 6.07) is 14.0. The molecule has 0 bridgehead atoms. The van der Waals surface area contributed by atoms with E-state index < -0.39 is 0 Å². The lowest BCUT2D eigenvalue weighted by atomic mass is 10.1. The number of hydrogen-bond donors (Lipinski definition) is 1. The monoisotopic (exact) mass is 268 g/mol. The van der Waals surface area contributed by atoms with Gasteiger partial charge in [0.15, 0.2) is 0 Å². The van der Waals surface area contributed by atoms with Crippen molar-refractivity contribution in [2.75, 3.05) is 6.54 Å². The zero-order chi connectivity index (χ0) is 14.2. The van der Waals surface area contributed by atoms with Gasteiger partial charge in [-0.3, -0.25) is 9.78 Å². The number of carbonyl (C=O) groups excluding carboxylic acids is 1. The number of nitrogens with zero attached hydrogens (tertiary/aromatic N) is 1. The van der Waals surface area contributed by atoms with Gasteiger partial charge >= 0.3 is 0 Å². The Kier molecular flexibility index (Phi) is 5.30. The number of aromatic nitrogens is 1. The second-order valence-corrected chi connectivity index (χ2v) is 4.94. The molecule has 0 saturated carbocycles. The van der Waals surface area contributed by atoms with Crippen molar-refractivity contribution in [3.63, 3.8) is 0 Å². The lowest BCUT2D eigenvalue weighted by molar-refractivity contribution is -0.120. The molecule has 1 aromatic carbocycles. The Morgan fingerprint density at radius 2 is 2.10 bits per heavy atom. The maximum atomic E-state index is 11.8. The summed E-state index contributed by atoms with van der Waals surface area (Å²) in [7, 11) is 0. The molecule has 0 aliphatic rings. The SMILES string of the molecule is Cc1cccc(CC(=O)NCCCc2ccccn2)c1. The number of carbonyl (C=O) groups is 1.